The van der Waals surface area contributed by atoms with Gasteiger partial charge in [-0.15, -0.1) is 0 Å². The average Bonchev–Trinajstić information content (AvgIpc) is 3.01. The van der Waals surface area contributed by atoms with E-state index in [0.717, 1.165) is 26.2 Å². The zero-order valence-corrected chi connectivity index (χ0v) is 29.8. The molecule has 0 spiro atoms. The molecule has 4 N–H and O–H groups in total. The molecule has 0 aromatic heterocycles. The Morgan fingerprint density at radius 2 is 1.00 bits per heavy atom. The Kier molecular flexibility index (Phi) is 29.8. The number of carboxylic acid groups (broad SMARTS) is 1. The van der Waals surface area contributed by atoms with E-state index in [-0.39, 0.29) is 13.0 Å². The molecule has 1 unspecified atom stereocenters. The van der Waals surface area contributed by atoms with Gasteiger partial charge in [-0.2, -0.15) is 0 Å². The molecule has 0 heterocycles. The Bertz CT molecular complexity index is 813. The first-order chi connectivity index (χ1) is 22.1. The summed E-state index contributed by atoms with van der Waals surface area (Å²) in [7, 11) is -4.66. The second-order valence-electron chi connectivity index (χ2n) is 12.4. The molecule has 0 aliphatic carbocycles. The molecule has 0 saturated carbocycles. The van der Waals surface area contributed by atoms with Gasteiger partial charge in [0.25, 0.3) is 0 Å². The molecule has 46 heavy (non-hydrogen) atoms. The number of hydrogen-bond donors (Lipinski definition) is 3. The van der Waals surface area contributed by atoms with Gasteiger partial charge in [0.2, 0.25) is 0 Å². The van der Waals surface area contributed by atoms with Crippen LogP contribution in [0.2, 0.25) is 0 Å². The van der Waals surface area contributed by atoms with Crippen molar-refractivity contribution in [3.8, 4) is 0 Å². The number of carboxylic acids is 1. The first kappa shape index (κ1) is 44.5. The number of aliphatic carboxylic acids is 1. The largest absolute Gasteiger partial charge is 0.480 e. The molecule has 11 nitrogen and oxygen atoms in total. The molecule has 0 aliphatic rings. The third-order valence-electron chi connectivity index (χ3n) is 7.91. The molecule has 0 fully saturated rings. The highest BCUT2D eigenvalue weighted by atomic mass is 31.2. The van der Waals surface area contributed by atoms with Crippen LogP contribution in [0.5, 0.6) is 0 Å². The Hall–Kier alpha value is -1.52. The summed E-state index contributed by atoms with van der Waals surface area (Å²) in [6, 6.07) is -1.51. The summed E-state index contributed by atoms with van der Waals surface area (Å²) < 4.78 is 31.3. The normalized spacial score (nSPS) is 14.0. The van der Waals surface area contributed by atoms with Crippen molar-refractivity contribution in [2.45, 2.75) is 180 Å². The molecule has 0 amide bonds. The lowest BCUT2D eigenvalue weighted by atomic mass is 10.0. The van der Waals surface area contributed by atoms with Crippen molar-refractivity contribution in [3.05, 3.63) is 0 Å². The van der Waals surface area contributed by atoms with E-state index in [4.69, 9.17) is 24.8 Å². The van der Waals surface area contributed by atoms with Gasteiger partial charge < -0.3 is 25.2 Å². The molecule has 0 aromatic rings. The van der Waals surface area contributed by atoms with Crippen LogP contribution >= 0.6 is 7.82 Å². The number of carbonyl (C=O) groups excluding carboxylic acids is 2. The van der Waals surface area contributed by atoms with E-state index in [1.54, 1.807) is 0 Å². The van der Waals surface area contributed by atoms with Crippen molar-refractivity contribution in [1.29, 1.82) is 0 Å². The fraction of sp³-hybridized carbons (Fsp3) is 0.912. The molecular weight excluding hydrogens is 613 g/mol. The van der Waals surface area contributed by atoms with Crippen molar-refractivity contribution >= 4 is 25.7 Å². The molecule has 12 heteroatoms. The quantitative estimate of drug-likeness (QED) is 0.0339. The molecule has 272 valence electrons. The van der Waals surface area contributed by atoms with E-state index in [1.807, 2.05) is 0 Å². The lowest BCUT2D eigenvalue weighted by Gasteiger charge is -2.19. The van der Waals surface area contributed by atoms with E-state index >= 15 is 0 Å². The van der Waals surface area contributed by atoms with Crippen LogP contribution in [0.1, 0.15) is 168 Å². The van der Waals surface area contributed by atoms with E-state index in [0.29, 0.717) is 6.42 Å². The maximum atomic E-state index is 12.1. The van der Waals surface area contributed by atoms with E-state index in [2.05, 4.69) is 11.4 Å². The first-order valence-electron chi connectivity index (χ1n) is 18.0. The predicted octanol–water partition coefficient (Wildman–Crippen LogP) is 8.39. The van der Waals surface area contributed by atoms with Gasteiger partial charge in [0.1, 0.15) is 12.6 Å². The van der Waals surface area contributed by atoms with Crippen molar-refractivity contribution in [1.82, 2.24) is 0 Å². The third kappa shape index (κ3) is 31.1. The van der Waals surface area contributed by atoms with Crippen LogP contribution in [-0.2, 0) is 37.5 Å². The summed E-state index contributed by atoms with van der Waals surface area (Å²) in [5.41, 5.74) is 5.22. The number of carbonyl (C=O) groups is 3. The first-order valence-corrected chi connectivity index (χ1v) is 19.5. The summed E-state index contributed by atoms with van der Waals surface area (Å²) in [4.78, 5) is 43.8. The molecule has 0 bridgehead atoms. The van der Waals surface area contributed by atoms with Crippen LogP contribution in [0.15, 0.2) is 0 Å². The average molecular weight is 680 g/mol. The summed E-state index contributed by atoms with van der Waals surface area (Å²) >= 11 is 0. The number of phosphoric ester groups is 1. The highest BCUT2D eigenvalue weighted by Gasteiger charge is 2.27. The highest BCUT2D eigenvalue weighted by molar-refractivity contribution is 7.47. The maximum Gasteiger partial charge on any atom is 0.472 e. The zero-order chi connectivity index (χ0) is 34.3. The van der Waals surface area contributed by atoms with Crippen molar-refractivity contribution in [2.24, 2.45) is 5.73 Å². The summed E-state index contributed by atoms with van der Waals surface area (Å²) in [5, 5.41) is 8.71. The van der Waals surface area contributed by atoms with Gasteiger partial charge >= 0.3 is 25.7 Å². The van der Waals surface area contributed by atoms with E-state index in [1.165, 1.54) is 122 Å². The highest BCUT2D eigenvalue weighted by Crippen LogP contribution is 2.43. The van der Waals surface area contributed by atoms with Crippen molar-refractivity contribution in [3.63, 3.8) is 0 Å². The monoisotopic (exact) mass is 679 g/mol. The predicted molar refractivity (Wildman–Crippen MR) is 180 cm³/mol. The lowest BCUT2D eigenvalue weighted by molar-refractivity contribution is -0.159. The van der Waals surface area contributed by atoms with Crippen LogP contribution in [0.3, 0.4) is 0 Å². The minimum atomic E-state index is -4.66. The van der Waals surface area contributed by atoms with Crippen LogP contribution in [-0.4, -0.2) is 59.9 Å². The number of nitrogens with two attached hydrogens (primary N) is 1. The fourth-order valence-corrected chi connectivity index (χ4v) is 5.90. The number of phosphoric acid groups is 1. The number of rotatable bonds is 34. The Morgan fingerprint density at radius 3 is 1.37 bits per heavy atom. The van der Waals surface area contributed by atoms with Gasteiger partial charge in [-0.1, -0.05) is 148 Å². The van der Waals surface area contributed by atoms with Gasteiger partial charge in [-0.3, -0.25) is 23.4 Å². The van der Waals surface area contributed by atoms with Gasteiger partial charge in [0.15, 0.2) is 6.10 Å². The van der Waals surface area contributed by atoms with Crippen LogP contribution in [0.4, 0.5) is 0 Å². The smallest absolute Gasteiger partial charge is 0.472 e. The van der Waals surface area contributed by atoms with Gasteiger partial charge in [0.05, 0.1) is 13.2 Å². The van der Waals surface area contributed by atoms with Crippen molar-refractivity contribution in [2.75, 3.05) is 19.8 Å². The minimum absolute atomic E-state index is 0.224. The second kappa shape index (κ2) is 30.8. The molecule has 0 rings (SSSR count). The molecule has 3 atom stereocenters. The van der Waals surface area contributed by atoms with E-state index in [9.17, 15) is 23.8 Å². The van der Waals surface area contributed by atoms with Gasteiger partial charge in [-0.05, 0) is 6.42 Å². The molecule has 0 radical (unpaired) electrons. The van der Waals surface area contributed by atoms with Crippen LogP contribution in [0.25, 0.3) is 0 Å². The van der Waals surface area contributed by atoms with Crippen molar-refractivity contribution < 1.29 is 47.5 Å². The molecular formula is C34H66NO10P. The SMILES string of the molecule is CCCCCCCCCCCCCCCCCCCCCCCCCC(=O)OC[C@H](COP(=O)(O)OC[C@H](N)C(=O)O)OC(C)=O. The fourth-order valence-electron chi connectivity index (χ4n) is 5.12. The maximum absolute atomic E-state index is 12.1. The summed E-state index contributed by atoms with van der Waals surface area (Å²) in [6.45, 7) is 1.71. The Labute approximate surface area is 278 Å². The third-order valence-corrected chi connectivity index (χ3v) is 8.86. The standard InChI is InChI=1S/C34H66NO10P/c1-3-4-5-6-7-8-9-10-11-12-13-14-15-16-17-18-19-20-21-22-23-24-25-26-33(37)42-27-31(45-30(2)36)28-43-46(40,41)44-29-32(35)34(38)39/h31-32H,3-29,35H2,1-2H3,(H,38,39)(H,40,41)/t31-,32+/m1/s1. The van der Waals surface area contributed by atoms with Gasteiger partial charge in [0, 0.05) is 13.3 Å². The minimum Gasteiger partial charge on any atom is -0.480 e. The second-order valence-corrected chi connectivity index (χ2v) is 13.9. The van der Waals surface area contributed by atoms with Crippen LogP contribution in [0, 0.1) is 0 Å². The number of hydrogen-bond acceptors (Lipinski definition) is 9. The van der Waals surface area contributed by atoms with Gasteiger partial charge in [-0.25, -0.2) is 4.57 Å². The number of unbranched alkanes of at least 4 members (excludes halogenated alkanes) is 22. The summed E-state index contributed by atoms with van der Waals surface area (Å²) in [6.07, 6.45) is 29.0. The number of esters is 2. The molecule has 0 aromatic carbocycles. The number of ether oxygens (including phenoxy) is 2. The summed E-state index contributed by atoms with van der Waals surface area (Å²) in [5.74, 6) is -2.57. The lowest BCUT2D eigenvalue weighted by Crippen LogP contribution is -2.34. The Balaban J connectivity index is 3.65. The molecule has 0 aliphatic heterocycles. The Morgan fingerprint density at radius 1 is 0.630 bits per heavy atom. The van der Waals surface area contributed by atoms with Crippen LogP contribution < -0.4 is 5.73 Å². The molecule has 0 saturated heterocycles. The van der Waals surface area contributed by atoms with E-state index < -0.39 is 51.1 Å². The topological polar surface area (TPSA) is 172 Å². The zero-order valence-electron chi connectivity index (χ0n) is 28.9.